The van der Waals surface area contributed by atoms with E-state index in [1.165, 1.54) is 18.9 Å². The van der Waals surface area contributed by atoms with Crippen molar-refractivity contribution in [3.05, 3.63) is 34.6 Å². The second kappa shape index (κ2) is 7.96. The van der Waals surface area contributed by atoms with E-state index in [4.69, 9.17) is 11.6 Å². The Bertz CT molecular complexity index is 419. The van der Waals surface area contributed by atoms with Gasteiger partial charge in [0.25, 0.3) is 0 Å². The number of rotatable bonds is 6. The lowest BCUT2D eigenvalue weighted by atomic mass is 9.98. The van der Waals surface area contributed by atoms with Crippen LogP contribution in [0.15, 0.2) is 18.2 Å². The highest BCUT2D eigenvalue weighted by Crippen LogP contribution is 2.33. The van der Waals surface area contributed by atoms with Crippen molar-refractivity contribution in [2.24, 2.45) is 0 Å². The lowest BCUT2D eigenvalue weighted by Gasteiger charge is -2.35. The molecule has 1 aromatic carbocycles. The molecular formula is C16H24ClFN2. The predicted octanol–water partition coefficient (Wildman–Crippen LogP) is 4.01. The first-order valence-corrected chi connectivity index (χ1v) is 8.00. The highest BCUT2D eigenvalue weighted by molar-refractivity contribution is 6.31. The van der Waals surface area contributed by atoms with E-state index >= 15 is 0 Å². The van der Waals surface area contributed by atoms with Gasteiger partial charge < -0.3 is 5.32 Å². The van der Waals surface area contributed by atoms with Gasteiger partial charge in [-0.25, -0.2) is 4.39 Å². The number of hydrogen-bond donors (Lipinski definition) is 1. The smallest absolute Gasteiger partial charge is 0.142 e. The fourth-order valence-electron chi connectivity index (χ4n) is 2.89. The van der Waals surface area contributed by atoms with E-state index in [2.05, 4.69) is 17.1 Å². The van der Waals surface area contributed by atoms with Crippen LogP contribution in [0.3, 0.4) is 0 Å². The summed E-state index contributed by atoms with van der Waals surface area (Å²) >= 11 is 6.20. The quantitative estimate of drug-likeness (QED) is 0.799. The van der Waals surface area contributed by atoms with Crippen molar-refractivity contribution in [2.45, 2.75) is 38.6 Å². The average Bonchev–Trinajstić information content (AvgIpc) is 2.48. The molecule has 1 aromatic rings. The van der Waals surface area contributed by atoms with E-state index in [-0.39, 0.29) is 11.9 Å². The summed E-state index contributed by atoms with van der Waals surface area (Å²) in [5.41, 5.74) is 0.949. The fraction of sp³-hybridized carbons (Fsp3) is 0.625. The van der Waals surface area contributed by atoms with E-state index in [1.54, 1.807) is 6.07 Å². The number of nitrogens with one attached hydrogen (secondary N) is 1. The maximum atomic E-state index is 13.7. The predicted molar refractivity (Wildman–Crippen MR) is 82.7 cm³/mol. The van der Waals surface area contributed by atoms with Gasteiger partial charge >= 0.3 is 0 Å². The lowest BCUT2D eigenvalue weighted by molar-refractivity contribution is 0.162. The van der Waals surface area contributed by atoms with Crippen LogP contribution >= 0.6 is 11.6 Å². The maximum Gasteiger partial charge on any atom is 0.142 e. The molecule has 0 bridgehead atoms. The van der Waals surface area contributed by atoms with Crippen molar-refractivity contribution < 1.29 is 4.39 Å². The van der Waals surface area contributed by atoms with E-state index in [0.717, 1.165) is 44.6 Å². The summed E-state index contributed by atoms with van der Waals surface area (Å²) in [5.74, 6) is -0.306. The molecule has 112 valence electrons. The zero-order valence-electron chi connectivity index (χ0n) is 12.2. The minimum absolute atomic E-state index is 0.242. The SMILES string of the molecule is CCCCC[C@H](c1cccc(F)c1Cl)N1CCNCC1. The molecule has 1 saturated heterocycles. The van der Waals surface area contributed by atoms with Gasteiger partial charge in [-0.3, -0.25) is 4.90 Å². The van der Waals surface area contributed by atoms with Crippen LogP contribution < -0.4 is 5.32 Å². The third kappa shape index (κ3) is 3.94. The topological polar surface area (TPSA) is 15.3 Å². The van der Waals surface area contributed by atoms with Gasteiger partial charge in [0.2, 0.25) is 0 Å². The first-order valence-electron chi connectivity index (χ1n) is 7.62. The van der Waals surface area contributed by atoms with Crippen LogP contribution in [-0.2, 0) is 0 Å². The molecule has 20 heavy (non-hydrogen) atoms. The largest absolute Gasteiger partial charge is 0.314 e. The first kappa shape index (κ1) is 15.7. The number of benzene rings is 1. The van der Waals surface area contributed by atoms with Crippen LogP contribution in [0.4, 0.5) is 4.39 Å². The number of halogens is 2. The van der Waals surface area contributed by atoms with Gasteiger partial charge in [0, 0.05) is 32.2 Å². The Kier molecular flexibility index (Phi) is 6.27. The van der Waals surface area contributed by atoms with Gasteiger partial charge in [-0.2, -0.15) is 0 Å². The lowest BCUT2D eigenvalue weighted by Crippen LogP contribution is -2.45. The Labute approximate surface area is 126 Å². The summed E-state index contributed by atoms with van der Waals surface area (Å²) in [6.45, 7) is 6.21. The molecule has 1 atom stereocenters. The second-order valence-corrected chi connectivity index (χ2v) is 5.82. The molecule has 1 heterocycles. The highest BCUT2D eigenvalue weighted by Gasteiger charge is 2.24. The molecule has 0 saturated carbocycles. The standard InChI is InChI=1S/C16H24ClFN2/c1-2-3-4-8-15(20-11-9-19-10-12-20)13-6-5-7-14(18)16(13)17/h5-7,15,19H,2-4,8-12H2,1H3/t15-/m1/s1. The minimum Gasteiger partial charge on any atom is -0.314 e. The summed E-state index contributed by atoms with van der Waals surface area (Å²) in [5, 5.41) is 3.66. The summed E-state index contributed by atoms with van der Waals surface area (Å²) < 4.78 is 13.7. The summed E-state index contributed by atoms with van der Waals surface area (Å²) in [7, 11) is 0. The van der Waals surface area contributed by atoms with Gasteiger partial charge in [-0.1, -0.05) is 49.9 Å². The van der Waals surface area contributed by atoms with Crippen LogP contribution in [-0.4, -0.2) is 31.1 Å². The molecule has 0 amide bonds. The Morgan fingerprint density at radius 1 is 1.30 bits per heavy atom. The van der Waals surface area contributed by atoms with E-state index in [0.29, 0.717) is 5.02 Å². The van der Waals surface area contributed by atoms with Crippen molar-refractivity contribution in [1.82, 2.24) is 10.2 Å². The van der Waals surface area contributed by atoms with Gasteiger partial charge in [-0.05, 0) is 18.1 Å². The first-order chi connectivity index (χ1) is 9.74. The van der Waals surface area contributed by atoms with E-state index in [9.17, 15) is 4.39 Å². The highest BCUT2D eigenvalue weighted by atomic mass is 35.5. The Balaban J connectivity index is 2.17. The monoisotopic (exact) mass is 298 g/mol. The summed E-state index contributed by atoms with van der Waals surface area (Å²) in [6, 6.07) is 5.43. The number of unbranched alkanes of at least 4 members (excludes halogenated alkanes) is 2. The minimum atomic E-state index is -0.306. The van der Waals surface area contributed by atoms with Crippen LogP contribution in [0.5, 0.6) is 0 Å². The molecule has 0 aliphatic carbocycles. The van der Waals surface area contributed by atoms with Crippen LogP contribution in [0.2, 0.25) is 5.02 Å². The van der Waals surface area contributed by atoms with Crippen molar-refractivity contribution in [3.63, 3.8) is 0 Å². The number of hydrogen-bond acceptors (Lipinski definition) is 2. The molecule has 1 aliphatic rings. The normalized spacial score (nSPS) is 18.1. The molecular weight excluding hydrogens is 275 g/mol. The molecule has 0 unspecified atom stereocenters. The molecule has 1 N–H and O–H groups in total. The third-order valence-electron chi connectivity index (χ3n) is 4.01. The van der Waals surface area contributed by atoms with Crippen molar-refractivity contribution in [2.75, 3.05) is 26.2 Å². The molecule has 1 fully saturated rings. The van der Waals surface area contributed by atoms with Gasteiger partial charge in [0.15, 0.2) is 0 Å². The number of nitrogens with zero attached hydrogens (tertiary/aromatic N) is 1. The van der Waals surface area contributed by atoms with E-state index in [1.807, 2.05) is 6.07 Å². The van der Waals surface area contributed by atoms with Crippen molar-refractivity contribution in [1.29, 1.82) is 0 Å². The van der Waals surface area contributed by atoms with Gasteiger partial charge in [0.05, 0.1) is 5.02 Å². The Hall–Kier alpha value is -0.640. The summed E-state index contributed by atoms with van der Waals surface area (Å²) in [4.78, 5) is 2.44. The average molecular weight is 299 g/mol. The zero-order valence-corrected chi connectivity index (χ0v) is 12.9. The van der Waals surface area contributed by atoms with Crippen LogP contribution in [0.25, 0.3) is 0 Å². The second-order valence-electron chi connectivity index (χ2n) is 5.44. The molecule has 2 rings (SSSR count). The van der Waals surface area contributed by atoms with Crippen LogP contribution in [0, 0.1) is 5.82 Å². The molecule has 0 aromatic heterocycles. The molecule has 0 radical (unpaired) electrons. The van der Waals surface area contributed by atoms with Crippen LogP contribution in [0.1, 0.15) is 44.2 Å². The number of piperazine rings is 1. The molecule has 1 aliphatic heterocycles. The Morgan fingerprint density at radius 3 is 2.75 bits per heavy atom. The Morgan fingerprint density at radius 2 is 2.05 bits per heavy atom. The van der Waals surface area contributed by atoms with Crippen molar-refractivity contribution >= 4 is 11.6 Å². The summed E-state index contributed by atoms with van der Waals surface area (Å²) in [6.07, 6.45) is 4.63. The van der Waals surface area contributed by atoms with Gasteiger partial charge in [-0.15, -0.1) is 0 Å². The molecule has 2 nitrogen and oxygen atoms in total. The third-order valence-corrected chi connectivity index (χ3v) is 4.41. The maximum absolute atomic E-state index is 13.7. The molecule has 0 spiro atoms. The fourth-order valence-corrected chi connectivity index (χ4v) is 3.15. The zero-order chi connectivity index (χ0) is 14.4. The molecule has 4 heteroatoms. The van der Waals surface area contributed by atoms with Crippen molar-refractivity contribution in [3.8, 4) is 0 Å². The van der Waals surface area contributed by atoms with Gasteiger partial charge in [0.1, 0.15) is 5.82 Å². The van der Waals surface area contributed by atoms with E-state index < -0.39 is 0 Å².